The lowest BCUT2D eigenvalue weighted by molar-refractivity contribution is 0.246. The fourth-order valence-corrected chi connectivity index (χ4v) is 3.49. The summed E-state index contributed by atoms with van der Waals surface area (Å²) >= 11 is 6.36. The average molecular weight is 356 g/mol. The van der Waals surface area contributed by atoms with Crippen LogP contribution in [0.4, 0.5) is 5.82 Å². The molecule has 0 aliphatic carbocycles. The molecule has 1 aliphatic rings. The number of fused-ring (bicyclic) bond motifs is 1. The van der Waals surface area contributed by atoms with Gasteiger partial charge in [0.2, 0.25) is 0 Å². The second kappa shape index (κ2) is 6.82. The van der Waals surface area contributed by atoms with E-state index in [9.17, 15) is 5.11 Å². The number of phenols is 1. The molecule has 3 heterocycles. The van der Waals surface area contributed by atoms with Gasteiger partial charge in [-0.1, -0.05) is 11.6 Å². The molecule has 0 saturated carbocycles. The second-order valence-corrected chi connectivity index (χ2v) is 6.50. The Labute approximate surface area is 150 Å². The summed E-state index contributed by atoms with van der Waals surface area (Å²) in [5, 5.41) is 12.0. The molecule has 0 amide bonds. The van der Waals surface area contributed by atoms with Crippen molar-refractivity contribution in [3.8, 4) is 5.75 Å². The highest BCUT2D eigenvalue weighted by Gasteiger charge is 2.20. The Hall–Kier alpha value is -2.44. The van der Waals surface area contributed by atoms with Crippen LogP contribution in [0, 0.1) is 0 Å². The first-order valence-corrected chi connectivity index (χ1v) is 8.58. The maximum atomic E-state index is 10.6. The zero-order chi connectivity index (χ0) is 17.2. The van der Waals surface area contributed by atoms with E-state index >= 15 is 0 Å². The molecule has 1 aromatic carbocycles. The fraction of sp³-hybridized carbons (Fsp3) is 0.278. The molecule has 0 unspecified atom stereocenters. The molecule has 2 aromatic heterocycles. The normalized spacial score (nSPS) is 15.6. The Bertz CT molecular complexity index is 881. The number of nitrogens with zero attached hydrogens (tertiary/aromatic N) is 5. The molecule has 25 heavy (non-hydrogen) atoms. The topological polar surface area (TPSA) is 65.4 Å². The van der Waals surface area contributed by atoms with Crippen molar-refractivity contribution in [3.63, 3.8) is 0 Å². The number of benzene rings is 1. The first-order valence-electron chi connectivity index (χ1n) is 8.21. The Morgan fingerprint density at radius 3 is 2.68 bits per heavy atom. The molecule has 6 nitrogen and oxygen atoms in total. The molecule has 1 fully saturated rings. The van der Waals surface area contributed by atoms with Crippen LogP contribution in [-0.4, -0.2) is 51.1 Å². The number of anilines is 1. The second-order valence-electron chi connectivity index (χ2n) is 6.10. The number of rotatable bonds is 3. The van der Waals surface area contributed by atoms with Crippen molar-refractivity contribution in [3.05, 3.63) is 53.6 Å². The van der Waals surface area contributed by atoms with Crippen molar-refractivity contribution in [1.29, 1.82) is 0 Å². The molecule has 0 radical (unpaired) electrons. The number of hydrogen-bond donors (Lipinski definition) is 1. The van der Waals surface area contributed by atoms with E-state index in [0.717, 1.165) is 42.9 Å². The largest absolute Gasteiger partial charge is 0.505 e. The zero-order valence-electron chi connectivity index (χ0n) is 13.6. The lowest BCUT2D eigenvalue weighted by Gasteiger charge is -2.35. The summed E-state index contributed by atoms with van der Waals surface area (Å²) in [6, 6.07) is 7.46. The summed E-state index contributed by atoms with van der Waals surface area (Å²) in [6.45, 7) is 4.20. The molecule has 128 valence electrons. The highest BCUT2D eigenvalue weighted by molar-refractivity contribution is 6.35. The molecule has 4 rings (SSSR count). The van der Waals surface area contributed by atoms with Gasteiger partial charge in [-0.25, -0.2) is 9.97 Å². The van der Waals surface area contributed by atoms with E-state index in [1.807, 2.05) is 24.3 Å². The minimum Gasteiger partial charge on any atom is -0.505 e. The highest BCUT2D eigenvalue weighted by atomic mass is 35.5. The van der Waals surface area contributed by atoms with Crippen molar-refractivity contribution in [1.82, 2.24) is 19.9 Å². The van der Waals surface area contributed by atoms with Crippen LogP contribution in [0.1, 0.15) is 5.56 Å². The van der Waals surface area contributed by atoms with E-state index in [2.05, 4.69) is 24.8 Å². The third-order valence-electron chi connectivity index (χ3n) is 4.55. The van der Waals surface area contributed by atoms with Gasteiger partial charge in [-0.05, 0) is 24.3 Å². The minimum absolute atomic E-state index is 0.221. The molecule has 1 aliphatic heterocycles. The van der Waals surface area contributed by atoms with Gasteiger partial charge >= 0.3 is 0 Å². The highest BCUT2D eigenvalue weighted by Crippen LogP contribution is 2.33. The van der Waals surface area contributed by atoms with Crippen molar-refractivity contribution < 1.29 is 5.11 Å². The van der Waals surface area contributed by atoms with Crippen molar-refractivity contribution >= 4 is 28.3 Å². The summed E-state index contributed by atoms with van der Waals surface area (Å²) in [4.78, 5) is 17.1. The summed E-state index contributed by atoms with van der Waals surface area (Å²) in [5.74, 6) is 1.17. The molecular weight excluding hydrogens is 338 g/mol. The van der Waals surface area contributed by atoms with Crippen LogP contribution >= 0.6 is 11.6 Å². The SMILES string of the molecule is Oc1c(CN2CCN(c3ccncn3)CC2)cc(Cl)c2cccnc12. The minimum atomic E-state index is 0.221. The lowest BCUT2D eigenvalue weighted by atomic mass is 10.1. The maximum absolute atomic E-state index is 10.6. The Morgan fingerprint density at radius 1 is 1.08 bits per heavy atom. The molecule has 3 aromatic rings. The van der Waals surface area contributed by atoms with Crippen LogP contribution in [0.2, 0.25) is 5.02 Å². The third kappa shape index (κ3) is 3.23. The first kappa shape index (κ1) is 16.1. The summed E-state index contributed by atoms with van der Waals surface area (Å²) in [6.07, 6.45) is 5.00. The van der Waals surface area contributed by atoms with Crippen molar-refractivity contribution in [2.45, 2.75) is 6.54 Å². The number of hydrogen-bond acceptors (Lipinski definition) is 6. The van der Waals surface area contributed by atoms with E-state index in [1.54, 1.807) is 18.7 Å². The lowest BCUT2D eigenvalue weighted by Crippen LogP contribution is -2.46. The van der Waals surface area contributed by atoms with Crippen molar-refractivity contribution in [2.24, 2.45) is 0 Å². The van der Waals surface area contributed by atoms with Gasteiger partial charge in [-0.2, -0.15) is 0 Å². The van der Waals surface area contributed by atoms with Gasteiger partial charge in [0.15, 0.2) is 0 Å². The Balaban J connectivity index is 1.49. The molecule has 0 atom stereocenters. The van der Waals surface area contributed by atoms with Gasteiger partial charge in [0.25, 0.3) is 0 Å². The summed E-state index contributed by atoms with van der Waals surface area (Å²) in [7, 11) is 0. The number of aromatic hydroxyl groups is 1. The summed E-state index contributed by atoms with van der Waals surface area (Å²) in [5.41, 5.74) is 1.37. The van der Waals surface area contributed by atoms with Gasteiger partial charge in [0, 0.05) is 56.1 Å². The summed E-state index contributed by atoms with van der Waals surface area (Å²) < 4.78 is 0. The van der Waals surface area contributed by atoms with Gasteiger partial charge in [0.1, 0.15) is 23.4 Å². The Morgan fingerprint density at radius 2 is 1.92 bits per heavy atom. The number of phenolic OH excluding ortho intramolecular Hbond substituents is 1. The van der Waals surface area contributed by atoms with Gasteiger partial charge in [-0.3, -0.25) is 9.88 Å². The molecule has 0 spiro atoms. The monoisotopic (exact) mass is 355 g/mol. The zero-order valence-corrected chi connectivity index (χ0v) is 14.4. The van der Waals surface area contributed by atoms with Gasteiger partial charge < -0.3 is 10.0 Å². The predicted octanol–water partition coefficient (Wildman–Crippen LogP) is 2.71. The molecular formula is C18H18ClN5O. The van der Waals surface area contributed by atoms with E-state index in [1.165, 1.54) is 0 Å². The van der Waals surface area contributed by atoms with E-state index < -0.39 is 0 Å². The third-order valence-corrected chi connectivity index (χ3v) is 4.86. The van der Waals surface area contributed by atoms with Crippen LogP contribution in [-0.2, 0) is 6.54 Å². The van der Waals surface area contributed by atoms with Gasteiger partial charge in [-0.15, -0.1) is 0 Å². The smallest absolute Gasteiger partial charge is 0.146 e. The van der Waals surface area contributed by atoms with Crippen LogP contribution in [0.3, 0.4) is 0 Å². The van der Waals surface area contributed by atoms with Crippen molar-refractivity contribution in [2.75, 3.05) is 31.1 Å². The van der Waals surface area contributed by atoms with Crippen LogP contribution in [0.25, 0.3) is 10.9 Å². The van der Waals surface area contributed by atoms with E-state index in [4.69, 9.17) is 11.6 Å². The average Bonchev–Trinajstić information content (AvgIpc) is 2.67. The van der Waals surface area contributed by atoms with E-state index in [-0.39, 0.29) is 5.75 Å². The van der Waals surface area contributed by atoms with Gasteiger partial charge in [0.05, 0.1) is 5.02 Å². The van der Waals surface area contributed by atoms with Crippen LogP contribution in [0.5, 0.6) is 5.75 Å². The van der Waals surface area contributed by atoms with E-state index in [0.29, 0.717) is 17.1 Å². The fourth-order valence-electron chi connectivity index (χ4n) is 3.21. The molecule has 7 heteroatoms. The first-order chi connectivity index (χ1) is 12.2. The quantitative estimate of drug-likeness (QED) is 0.779. The molecule has 1 N–H and O–H groups in total. The predicted molar refractivity (Wildman–Crippen MR) is 97.9 cm³/mol. The molecule has 0 bridgehead atoms. The van der Waals surface area contributed by atoms with Crippen LogP contribution in [0.15, 0.2) is 43.0 Å². The Kier molecular flexibility index (Phi) is 4.38. The number of pyridine rings is 1. The molecule has 1 saturated heterocycles. The number of halogens is 1. The van der Waals surface area contributed by atoms with Crippen LogP contribution < -0.4 is 4.90 Å². The maximum Gasteiger partial charge on any atom is 0.146 e. The number of aromatic nitrogens is 3. The number of piperazine rings is 1. The standard InChI is InChI=1S/C18H18ClN5O/c19-15-10-13(18(25)17-14(15)2-1-4-21-17)11-23-6-8-24(9-7-23)16-3-5-20-12-22-16/h1-5,10,12,25H,6-9,11H2.